The molecule has 32 heavy (non-hydrogen) atoms. The summed E-state index contributed by atoms with van der Waals surface area (Å²) in [6.07, 6.45) is 4.71. The van der Waals surface area contributed by atoms with E-state index in [9.17, 15) is 27.9 Å². The molecule has 0 saturated carbocycles. The van der Waals surface area contributed by atoms with Crippen LogP contribution in [-0.2, 0) is 15.8 Å². The van der Waals surface area contributed by atoms with Gasteiger partial charge < -0.3 is 14.9 Å². The van der Waals surface area contributed by atoms with Crippen LogP contribution in [0.15, 0.2) is 60.2 Å². The van der Waals surface area contributed by atoms with E-state index >= 15 is 0 Å². The minimum atomic E-state index is -4.48. The molecule has 0 saturated heterocycles. The van der Waals surface area contributed by atoms with Crippen molar-refractivity contribution in [2.24, 2.45) is 11.8 Å². The third kappa shape index (κ3) is 8.00. The van der Waals surface area contributed by atoms with Crippen molar-refractivity contribution >= 4 is 11.8 Å². The second-order valence-corrected chi connectivity index (χ2v) is 7.70. The number of carbonyl (C=O) groups is 2. The number of alkyl halides is 3. The number of allylic oxidation sites excluding steroid dienone is 5. The summed E-state index contributed by atoms with van der Waals surface area (Å²) in [6, 6.07) is 4.43. The summed E-state index contributed by atoms with van der Waals surface area (Å²) < 4.78 is 43.6. The zero-order chi connectivity index (χ0) is 23.7. The van der Waals surface area contributed by atoms with Crippen LogP contribution < -0.4 is 4.74 Å². The lowest BCUT2D eigenvalue weighted by atomic mass is 9.87. The largest absolute Gasteiger partial charge is 0.491 e. The molecule has 2 rings (SSSR count). The van der Waals surface area contributed by atoms with Gasteiger partial charge in [-0.1, -0.05) is 35.9 Å². The van der Waals surface area contributed by atoms with Crippen LogP contribution in [0.25, 0.3) is 0 Å². The molecule has 0 amide bonds. The molecule has 0 fully saturated rings. The molecule has 2 N–H and O–H groups in total. The van der Waals surface area contributed by atoms with Crippen LogP contribution in [0.3, 0.4) is 0 Å². The first kappa shape index (κ1) is 25.4. The van der Waals surface area contributed by atoms with Gasteiger partial charge in [0.2, 0.25) is 0 Å². The Morgan fingerprint density at radius 2 is 2.03 bits per heavy atom. The fourth-order valence-electron chi connectivity index (χ4n) is 3.45. The molecule has 0 spiro atoms. The number of ketones is 1. The van der Waals surface area contributed by atoms with Crippen molar-refractivity contribution in [1.82, 2.24) is 0 Å². The standard InChI is InChI=1S/C24H27F3O5/c1-16-13-22(29)21(9-4-2-3-5-10-23(30)31)20(16)12-11-18(28)15-32-19-8-6-7-17(14-19)24(25,26)27/h2,4,6-8,11-14,18,20-21,28H,3,5,9-10,15H2,1H3,(H,30,31)/t18-,20+,21-/m1/s1. The number of carboxylic acid groups (broad SMARTS) is 1. The van der Waals surface area contributed by atoms with E-state index < -0.39 is 23.8 Å². The van der Waals surface area contributed by atoms with Gasteiger partial charge in [-0.25, -0.2) is 0 Å². The molecule has 5 nitrogen and oxygen atoms in total. The first-order valence-electron chi connectivity index (χ1n) is 10.3. The van der Waals surface area contributed by atoms with Gasteiger partial charge in [-0.2, -0.15) is 13.2 Å². The van der Waals surface area contributed by atoms with Crippen LogP contribution in [-0.4, -0.2) is 34.7 Å². The zero-order valence-electron chi connectivity index (χ0n) is 17.7. The topological polar surface area (TPSA) is 83.8 Å². The Morgan fingerprint density at radius 1 is 1.28 bits per heavy atom. The third-order valence-electron chi connectivity index (χ3n) is 5.14. The Hall–Kier alpha value is -2.87. The molecule has 1 aromatic rings. The Labute approximate surface area is 184 Å². The number of benzene rings is 1. The summed E-state index contributed by atoms with van der Waals surface area (Å²) >= 11 is 0. The lowest BCUT2D eigenvalue weighted by molar-refractivity contribution is -0.138. The van der Waals surface area contributed by atoms with Crippen LogP contribution >= 0.6 is 0 Å². The number of halogens is 3. The van der Waals surface area contributed by atoms with E-state index in [1.54, 1.807) is 12.2 Å². The lowest BCUT2D eigenvalue weighted by Gasteiger charge is -2.16. The maximum atomic E-state index is 12.8. The van der Waals surface area contributed by atoms with E-state index in [4.69, 9.17) is 9.84 Å². The van der Waals surface area contributed by atoms with Crippen LogP contribution in [0.1, 0.15) is 38.2 Å². The molecule has 8 heteroatoms. The number of carboxylic acids is 1. The monoisotopic (exact) mass is 452 g/mol. The minimum Gasteiger partial charge on any atom is -0.491 e. The smallest absolute Gasteiger partial charge is 0.416 e. The highest BCUT2D eigenvalue weighted by Crippen LogP contribution is 2.33. The second kappa shape index (κ2) is 11.7. The number of hydrogen-bond acceptors (Lipinski definition) is 4. The molecule has 1 aromatic carbocycles. The molecule has 1 aliphatic rings. The second-order valence-electron chi connectivity index (χ2n) is 7.70. The van der Waals surface area contributed by atoms with E-state index in [2.05, 4.69) is 0 Å². The summed E-state index contributed by atoms with van der Waals surface area (Å²) in [5.74, 6) is -1.36. The number of unbranched alkanes of at least 4 members (excludes halogenated alkanes) is 1. The van der Waals surface area contributed by atoms with Crippen molar-refractivity contribution in [3.63, 3.8) is 0 Å². The predicted molar refractivity (Wildman–Crippen MR) is 113 cm³/mol. The van der Waals surface area contributed by atoms with Gasteiger partial charge in [-0.15, -0.1) is 0 Å². The zero-order valence-corrected chi connectivity index (χ0v) is 17.7. The van der Waals surface area contributed by atoms with Crippen LogP contribution in [0.4, 0.5) is 13.2 Å². The highest BCUT2D eigenvalue weighted by Gasteiger charge is 2.32. The van der Waals surface area contributed by atoms with E-state index in [1.165, 1.54) is 18.2 Å². The Bertz CT molecular complexity index is 886. The first-order chi connectivity index (χ1) is 15.1. The quantitative estimate of drug-likeness (QED) is 0.366. The molecule has 1 aliphatic carbocycles. The summed E-state index contributed by atoms with van der Waals surface area (Å²) in [7, 11) is 0. The molecule has 0 aliphatic heterocycles. The number of hydrogen-bond donors (Lipinski definition) is 2. The number of rotatable bonds is 11. The average molecular weight is 452 g/mol. The summed E-state index contributed by atoms with van der Waals surface area (Å²) in [4.78, 5) is 22.8. The van der Waals surface area contributed by atoms with Gasteiger partial charge >= 0.3 is 12.1 Å². The minimum absolute atomic E-state index is 0.00491. The molecule has 0 bridgehead atoms. The fraction of sp³-hybridized carbons (Fsp3) is 0.417. The van der Waals surface area contributed by atoms with E-state index in [-0.39, 0.29) is 36.4 Å². The summed E-state index contributed by atoms with van der Waals surface area (Å²) in [5.41, 5.74) is 0.0330. The lowest BCUT2D eigenvalue weighted by Crippen LogP contribution is -2.18. The van der Waals surface area contributed by atoms with Crippen LogP contribution in [0.2, 0.25) is 0 Å². The van der Waals surface area contributed by atoms with E-state index in [0.717, 1.165) is 17.7 Å². The van der Waals surface area contributed by atoms with Crippen molar-refractivity contribution in [2.75, 3.05) is 6.61 Å². The van der Waals surface area contributed by atoms with Crippen LogP contribution in [0, 0.1) is 11.8 Å². The van der Waals surface area contributed by atoms with Crippen molar-refractivity contribution in [3.05, 3.63) is 65.8 Å². The highest BCUT2D eigenvalue weighted by atomic mass is 19.4. The molecule has 3 atom stereocenters. The maximum absolute atomic E-state index is 12.8. The Balaban J connectivity index is 1.89. The maximum Gasteiger partial charge on any atom is 0.416 e. The molecule has 0 heterocycles. The number of aliphatic hydroxyl groups excluding tert-OH is 1. The van der Waals surface area contributed by atoms with Gasteiger partial charge in [-0.05, 0) is 50.5 Å². The SMILES string of the molecule is CC1=CC(=O)[C@H](CC=CCCCC(=O)O)[C@H]1C=C[C@@H](O)COc1cccc(C(F)(F)F)c1. The van der Waals surface area contributed by atoms with Gasteiger partial charge in [0.1, 0.15) is 18.5 Å². The predicted octanol–water partition coefficient (Wildman–Crippen LogP) is 4.96. The fourth-order valence-corrected chi connectivity index (χ4v) is 3.45. The molecule has 0 radical (unpaired) electrons. The van der Waals surface area contributed by atoms with Gasteiger partial charge in [0.05, 0.1) is 5.56 Å². The molecule has 0 aromatic heterocycles. The van der Waals surface area contributed by atoms with Crippen molar-refractivity contribution in [3.8, 4) is 5.75 Å². The van der Waals surface area contributed by atoms with Crippen LogP contribution in [0.5, 0.6) is 5.75 Å². The highest BCUT2D eigenvalue weighted by molar-refractivity contribution is 5.96. The average Bonchev–Trinajstić information content (AvgIpc) is 2.99. The first-order valence-corrected chi connectivity index (χ1v) is 10.3. The number of aliphatic hydroxyl groups is 1. The summed E-state index contributed by atoms with van der Waals surface area (Å²) in [5, 5.41) is 18.8. The third-order valence-corrected chi connectivity index (χ3v) is 5.14. The van der Waals surface area contributed by atoms with Crippen molar-refractivity contribution in [1.29, 1.82) is 0 Å². The number of ether oxygens (including phenoxy) is 1. The van der Waals surface area contributed by atoms with Crippen molar-refractivity contribution < 1.29 is 37.7 Å². The van der Waals surface area contributed by atoms with Crippen molar-refractivity contribution in [2.45, 2.75) is 44.9 Å². The van der Waals surface area contributed by atoms with Gasteiger partial charge in [0.15, 0.2) is 5.78 Å². The number of carbonyl (C=O) groups excluding carboxylic acids is 1. The molecular weight excluding hydrogens is 425 g/mol. The van der Waals surface area contributed by atoms with Gasteiger partial charge in [-0.3, -0.25) is 9.59 Å². The molecule has 0 unspecified atom stereocenters. The van der Waals surface area contributed by atoms with Gasteiger partial charge in [0.25, 0.3) is 0 Å². The Kier molecular flexibility index (Phi) is 9.26. The normalized spacial score (nSPS) is 20.2. The Morgan fingerprint density at radius 3 is 2.72 bits per heavy atom. The van der Waals surface area contributed by atoms with E-state index in [0.29, 0.717) is 19.3 Å². The summed E-state index contributed by atoms with van der Waals surface area (Å²) in [6.45, 7) is 1.60. The van der Waals surface area contributed by atoms with E-state index in [1.807, 2.05) is 19.1 Å². The van der Waals surface area contributed by atoms with Gasteiger partial charge in [0, 0.05) is 18.3 Å². The number of aliphatic carboxylic acids is 1. The molecule has 174 valence electrons. The molecular formula is C24H27F3O5.